The molecule has 0 aliphatic carbocycles. The van der Waals surface area contributed by atoms with Crippen molar-refractivity contribution in [3.05, 3.63) is 0 Å². The summed E-state index contributed by atoms with van der Waals surface area (Å²) in [5.41, 5.74) is 5.83. The Hall–Kier alpha value is -0.280. The average Bonchev–Trinajstić information content (AvgIpc) is 2.27. The zero-order chi connectivity index (χ0) is 11.8. The minimum Gasteiger partial charge on any atom is -0.354 e. The van der Waals surface area contributed by atoms with Crippen molar-refractivity contribution in [3.63, 3.8) is 0 Å². The van der Waals surface area contributed by atoms with Crippen molar-refractivity contribution in [1.29, 1.82) is 0 Å². The normalized spacial score (nSPS) is 14.1. The highest BCUT2D eigenvalue weighted by Gasteiger charge is 2.19. The third-order valence-electron chi connectivity index (χ3n) is 3.28. The monoisotopic (exact) mass is 250 g/mol. The number of halogens is 1. The summed E-state index contributed by atoms with van der Waals surface area (Å²) >= 11 is 0. The first-order chi connectivity index (χ1) is 7.06. The van der Waals surface area contributed by atoms with E-state index in [4.69, 9.17) is 5.73 Å². The Labute approximate surface area is 106 Å². The van der Waals surface area contributed by atoms with Gasteiger partial charge in [0.05, 0.1) is 6.04 Å². The molecule has 0 bridgehead atoms. The molecule has 0 radical (unpaired) electrons. The van der Waals surface area contributed by atoms with Gasteiger partial charge in [0.1, 0.15) is 0 Å². The largest absolute Gasteiger partial charge is 0.354 e. The van der Waals surface area contributed by atoms with Gasteiger partial charge in [0, 0.05) is 6.54 Å². The van der Waals surface area contributed by atoms with Gasteiger partial charge in [-0.2, -0.15) is 0 Å². The first kappa shape index (κ1) is 18.1. The summed E-state index contributed by atoms with van der Waals surface area (Å²) in [6.07, 6.45) is 3.16. The van der Waals surface area contributed by atoms with E-state index in [-0.39, 0.29) is 30.3 Å². The second-order valence-corrected chi connectivity index (χ2v) is 4.34. The molecule has 0 aromatic heterocycles. The van der Waals surface area contributed by atoms with Crippen molar-refractivity contribution in [3.8, 4) is 0 Å². The highest BCUT2D eigenvalue weighted by molar-refractivity contribution is 5.85. The topological polar surface area (TPSA) is 55.1 Å². The van der Waals surface area contributed by atoms with Crippen LogP contribution in [0.2, 0.25) is 0 Å². The van der Waals surface area contributed by atoms with Gasteiger partial charge in [0.15, 0.2) is 0 Å². The molecule has 0 saturated heterocycles. The first-order valence-corrected chi connectivity index (χ1v) is 6.09. The minimum absolute atomic E-state index is 0. The van der Waals surface area contributed by atoms with Crippen LogP contribution in [0, 0.1) is 11.8 Å². The Bertz CT molecular complexity index is 184. The van der Waals surface area contributed by atoms with Crippen LogP contribution < -0.4 is 11.1 Å². The molecule has 0 aromatic carbocycles. The van der Waals surface area contributed by atoms with E-state index in [0.29, 0.717) is 5.92 Å². The van der Waals surface area contributed by atoms with Gasteiger partial charge in [-0.1, -0.05) is 47.0 Å². The molecular weight excluding hydrogens is 224 g/mol. The second-order valence-electron chi connectivity index (χ2n) is 4.34. The van der Waals surface area contributed by atoms with E-state index in [1.807, 2.05) is 6.92 Å². The second kappa shape index (κ2) is 9.91. The molecule has 0 aliphatic heterocycles. The summed E-state index contributed by atoms with van der Waals surface area (Å²) in [4.78, 5) is 11.6. The predicted molar refractivity (Wildman–Crippen MR) is 71.8 cm³/mol. The van der Waals surface area contributed by atoms with Crippen LogP contribution in [-0.4, -0.2) is 18.5 Å². The van der Waals surface area contributed by atoms with Gasteiger partial charge < -0.3 is 11.1 Å². The summed E-state index contributed by atoms with van der Waals surface area (Å²) in [5.74, 6) is 0.834. The molecule has 2 unspecified atom stereocenters. The minimum atomic E-state index is -0.357. The lowest BCUT2D eigenvalue weighted by Crippen LogP contribution is -2.45. The lowest BCUT2D eigenvalue weighted by Gasteiger charge is -2.19. The van der Waals surface area contributed by atoms with Crippen LogP contribution in [0.3, 0.4) is 0 Å². The number of amides is 1. The van der Waals surface area contributed by atoms with E-state index in [1.165, 1.54) is 0 Å². The number of hydrogen-bond donors (Lipinski definition) is 2. The number of hydrogen-bond acceptors (Lipinski definition) is 2. The maximum absolute atomic E-state index is 11.6. The Kier molecular flexibility index (Phi) is 11.2. The molecular formula is C12H27ClN2O. The molecule has 2 atom stereocenters. The quantitative estimate of drug-likeness (QED) is 0.729. The lowest BCUT2D eigenvalue weighted by molar-refractivity contribution is -0.123. The predicted octanol–water partition coefficient (Wildman–Crippen LogP) is 2.33. The molecule has 1 amide bonds. The van der Waals surface area contributed by atoms with Gasteiger partial charge in [-0.3, -0.25) is 4.79 Å². The maximum atomic E-state index is 11.6. The molecule has 3 nitrogen and oxygen atoms in total. The van der Waals surface area contributed by atoms with E-state index >= 15 is 0 Å². The summed E-state index contributed by atoms with van der Waals surface area (Å²) in [5, 5.41) is 2.94. The number of carbonyl (C=O) groups is 1. The summed E-state index contributed by atoms with van der Waals surface area (Å²) in [6, 6.07) is -0.357. The van der Waals surface area contributed by atoms with Crippen LogP contribution in [0.25, 0.3) is 0 Å². The van der Waals surface area contributed by atoms with Gasteiger partial charge in [-0.25, -0.2) is 0 Å². The zero-order valence-electron chi connectivity index (χ0n) is 11.0. The molecule has 0 saturated carbocycles. The smallest absolute Gasteiger partial charge is 0.237 e. The third-order valence-corrected chi connectivity index (χ3v) is 3.28. The van der Waals surface area contributed by atoms with Crippen molar-refractivity contribution < 1.29 is 4.79 Å². The third kappa shape index (κ3) is 6.33. The SMILES string of the molecule is CCC(CC)CNC(=O)C(N)C(C)CC.Cl. The molecule has 4 heteroatoms. The van der Waals surface area contributed by atoms with Gasteiger partial charge in [0.25, 0.3) is 0 Å². The van der Waals surface area contributed by atoms with Crippen LogP contribution in [0.15, 0.2) is 0 Å². The molecule has 0 spiro atoms. The first-order valence-electron chi connectivity index (χ1n) is 6.09. The Morgan fingerprint density at radius 2 is 1.69 bits per heavy atom. The fraction of sp³-hybridized carbons (Fsp3) is 0.917. The fourth-order valence-electron chi connectivity index (χ4n) is 1.45. The van der Waals surface area contributed by atoms with Crippen molar-refractivity contribution in [2.24, 2.45) is 17.6 Å². The Morgan fingerprint density at radius 3 is 2.06 bits per heavy atom. The van der Waals surface area contributed by atoms with E-state index in [0.717, 1.165) is 25.8 Å². The standard InChI is InChI=1S/C12H26N2O.ClH/c1-5-9(4)11(13)12(15)14-8-10(6-2)7-3;/h9-11H,5-8,13H2,1-4H3,(H,14,15);1H. The molecule has 0 heterocycles. The fourth-order valence-corrected chi connectivity index (χ4v) is 1.45. The van der Waals surface area contributed by atoms with Gasteiger partial charge in [0.2, 0.25) is 5.91 Å². The molecule has 0 fully saturated rings. The summed E-state index contributed by atoms with van der Waals surface area (Å²) in [7, 11) is 0. The van der Waals surface area contributed by atoms with Crippen LogP contribution in [-0.2, 0) is 4.79 Å². The highest BCUT2D eigenvalue weighted by Crippen LogP contribution is 2.07. The van der Waals surface area contributed by atoms with E-state index in [1.54, 1.807) is 0 Å². The van der Waals surface area contributed by atoms with Gasteiger partial charge in [-0.05, 0) is 11.8 Å². The summed E-state index contributed by atoms with van der Waals surface area (Å²) < 4.78 is 0. The maximum Gasteiger partial charge on any atom is 0.237 e. The number of nitrogens with one attached hydrogen (secondary N) is 1. The van der Waals surface area contributed by atoms with Crippen molar-refractivity contribution in [2.45, 2.75) is 53.0 Å². The van der Waals surface area contributed by atoms with E-state index < -0.39 is 0 Å². The lowest BCUT2D eigenvalue weighted by atomic mass is 9.98. The van der Waals surface area contributed by atoms with Gasteiger partial charge in [-0.15, -0.1) is 12.4 Å². The van der Waals surface area contributed by atoms with Crippen LogP contribution in [0.4, 0.5) is 0 Å². The Balaban J connectivity index is 0. The number of carbonyl (C=O) groups excluding carboxylic acids is 1. The molecule has 3 N–H and O–H groups in total. The van der Waals surface area contributed by atoms with Crippen LogP contribution in [0.5, 0.6) is 0 Å². The molecule has 0 aliphatic rings. The molecule has 98 valence electrons. The van der Waals surface area contributed by atoms with Crippen molar-refractivity contribution in [1.82, 2.24) is 5.32 Å². The van der Waals surface area contributed by atoms with E-state index in [9.17, 15) is 4.79 Å². The number of rotatable bonds is 7. The van der Waals surface area contributed by atoms with Crippen LogP contribution >= 0.6 is 12.4 Å². The Morgan fingerprint density at radius 1 is 1.19 bits per heavy atom. The summed E-state index contributed by atoms with van der Waals surface area (Å²) in [6.45, 7) is 9.12. The van der Waals surface area contributed by atoms with Crippen LogP contribution in [0.1, 0.15) is 47.0 Å². The molecule has 0 rings (SSSR count). The molecule has 16 heavy (non-hydrogen) atoms. The van der Waals surface area contributed by atoms with Crippen molar-refractivity contribution in [2.75, 3.05) is 6.54 Å². The average molecular weight is 251 g/mol. The number of nitrogens with two attached hydrogens (primary N) is 1. The molecule has 0 aromatic rings. The highest BCUT2D eigenvalue weighted by atomic mass is 35.5. The zero-order valence-corrected chi connectivity index (χ0v) is 11.8. The van der Waals surface area contributed by atoms with Crippen molar-refractivity contribution >= 4 is 18.3 Å². The van der Waals surface area contributed by atoms with Gasteiger partial charge >= 0.3 is 0 Å². The van der Waals surface area contributed by atoms with E-state index in [2.05, 4.69) is 26.1 Å².